The van der Waals surface area contributed by atoms with E-state index in [2.05, 4.69) is 0 Å². The first-order valence-corrected chi connectivity index (χ1v) is 13.4. The van der Waals surface area contributed by atoms with E-state index < -0.39 is 26.2 Å². The molecule has 9 heteroatoms. The highest BCUT2D eigenvalue weighted by atomic mass is 32.2. The highest BCUT2D eigenvalue weighted by molar-refractivity contribution is 7.93. The maximum absolute atomic E-state index is 13.6. The quantitative estimate of drug-likeness (QED) is 0.609. The molecule has 1 aliphatic heterocycles. The average Bonchev–Trinajstić information content (AvgIpc) is 2.77. The van der Waals surface area contributed by atoms with Crippen molar-refractivity contribution in [2.24, 2.45) is 0 Å². The molecule has 1 unspecified atom stereocenters. The lowest BCUT2D eigenvalue weighted by Gasteiger charge is -2.35. The van der Waals surface area contributed by atoms with Crippen molar-refractivity contribution in [3.63, 3.8) is 0 Å². The Morgan fingerprint density at radius 1 is 0.697 bits per heavy atom. The van der Waals surface area contributed by atoms with Crippen LogP contribution in [0.1, 0.15) is 17.5 Å². The zero-order valence-corrected chi connectivity index (χ0v) is 20.1. The Bertz CT molecular complexity index is 1350. The number of hydrogen-bond acceptors (Lipinski definition) is 5. The van der Waals surface area contributed by atoms with Gasteiger partial charge in [-0.3, -0.25) is 8.61 Å². The molecule has 0 saturated carbocycles. The molecule has 3 aromatic rings. The van der Waals surface area contributed by atoms with Crippen LogP contribution in [0.5, 0.6) is 0 Å². The van der Waals surface area contributed by atoms with Gasteiger partial charge in [0.25, 0.3) is 20.0 Å². The van der Waals surface area contributed by atoms with Crippen molar-refractivity contribution in [2.75, 3.05) is 21.7 Å². The van der Waals surface area contributed by atoms with E-state index in [1.165, 1.54) is 28.6 Å². The molecule has 1 atom stereocenters. The summed E-state index contributed by atoms with van der Waals surface area (Å²) in [5.74, 6) is 0. The van der Waals surface area contributed by atoms with Crippen LogP contribution in [0.25, 0.3) is 0 Å². The summed E-state index contributed by atoms with van der Waals surface area (Å²) in [4.78, 5) is 0.175. The summed E-state index contributed by atoms with van der Waals surface area (Å²) in [5.41, 5.74) is 2.29. The Hall–Kier alpha value is -2.88. The van der Waals surface area contributed by atoms with Crippen molar-refractivity contribution in [3.05, 3.63) is 83.9 Å². The maximum Gasteiger partial charge on any atom is 0.264 e. The van der Waals surface area contributed by atoms with Crippen molar-refractivity contribution in [1.82, 2.24) is 0 Å². The van der Waals surface area contributed by atoms with Gasteiger partial charge in [-0.25, -0.2) is 16.8 Å². The number of rotatable bonds is 4. The van der Waals surface area contributed by atoms with Crippen molar-refractivity contribution in [2.45, 2.75) is 36.2 Å². The van der Waals surface area contributed by atoms with E-state index in [1.807, 2.05) is 13.8 Å². The highest BCUT2D eigenvalue weighted by Crippen LogP contribution is 2.38. The lowest BCUT2D eigenvalue weighted by molar-refractivity contribution is 0.176. The number of aliphatic hydroxyl groups is 1. The molecule has 0 saturated heterocycles. The molecule has 0 aromatic heterocycles. The number of aryl methyl sites for hydroxylation is 2. The number of β-amino-alcohol motifs (C(OH)–C–C–N with tert-alkyl or cyclic N) is 1. The molecule has 3 aromatic carbocycles. The van der Waals surface area contributed by atoms with E-state index in [0.29, 0.717) is 0 Å². The fourth-order valence-electron chi connectivity index (χ4n) is 3.81. The predicted molar refractivity (Wildman–Crippen MR) is 128 cm³/mol. The largest absolute Gasteiger partial charge is 0.391 e. The zero-order chi connectivity index (χ0) is 23.8. The molecule has 174 valence electrons. The van der Waals surface area contributed by atoms with Gasteiger partial charge >= 0.3 is 0 Å². The Balaban J connectivity index is 1.87. The van der Waals surface area contributed by atoms with Crippen LogP contribution in [0.15, 0.2) is 82.6 Å². The Labute approximate surface area is 195 Å². The monoisotopic (exact) mass is 486 g/mol. The standard InChI is InChI=1S/C24H26N2O5S2/c1-18-7-11-21(12-8-18)32(28,29)25-16-15-20(27)17-26(24-6-4-3-5-23(24)25)33(30,31)22-13-9-19(2)10-14-22/h3-14,20,27H,15-17H2,1-2H3. The molecule has 0 aliphatic carbocycles. The number of para-hydroxylation sites is 2. The van der Waals surface area contributed by atoms with Crippen LogP contribution in [0, 0.1) is 13.8 Å². The Kier molecular flexibility index (Phi) is 6.22. The van der Waals surface area contributed by atoms with Gasteiger partial charge in [0.15, 0.2) is 0 Å². The molecule has 0 spiro atoms. The van der Waals surface area contributed by atoms with Gasteiger partial charge in [0.05, 0.1) is 33.8 Å². The average molecular weight is 487 g/mol. The van der Waals surface area contributed by atoms with E-state index in [1.54, 1.807) is 48.5 Å². The normalized spacial score (nSPS) is 17.2. The summed E-state index contributed by atoms with van der Waals surface area (Å²) in [6.07, 6.45) is -0.964. The van der Waals surface area contributed by atoms with Crippen LogP contribution < -0.4 is 8.61 Å². The number of aliphatic hydroxyl groups excluding tert-OH is 1. The van der Waals surface area contributed by atoms with Gasteiger partial charge in [0, 0.05) is 6.54 Å². The van der Waals surface area contributed by atoms with Crippen molar-refractivity contribution in [3.8, 4) is 0 Å². The Morgan fingerprint density at radius 2 is 1.12 bits per heavy atom. The molecule has 0 radical (unpaired) electrons. The number of hydrogen-bond donors (Lipinski definition) is 1. The molecule has 0 amide bonds. The van der Waals surface area contributed by atoms with Gasteiger partial charge in [0.2, 0.25) is 0 Å². The molecule has 4 rings (SSSR count). The summed E-state index contributed by atoms with van der Waals surface area (Å²) in [5, 5.41) is 10.6. The summed E-state index contributed by atoms with van der Waals surface area (Å²) in [6.45, 7) is 3.57. The van der Waals surface area contributed by atoms with E-state index in [0.717, 1.165) is 15.4 Å². The second-order valence-electron chi connectivity index (χ2n) is 8.17. The number of nitrogens with zero attached hydrogens (tertiary/aromatic N) is 2. The molecule has 1 aliphatic rings. The molecule has 0 bridgehead atoms. The van der Waals surface area contributed by atoms with E-state index in [9.17, 15) is 21.9 Å². The van der Waals surface area contributed by atoms with E-state index >= 15 is 0 Å². The number of sulfonamides is 2. The number of benzene rings is 3. The fourth-order valence-corrected chi connectivity index (χ4v) is 6.82. The molecule has 1 N–H and O–H groups in total. The van der Waals surface area contributed by atoms with Gasteiger partial charge in [-0.15, -0.1) is 0 Å². The van der Waals surface area contributed by atoms with Crippen molar-refractivity contribution in [1.29, 1.82) is 0 Å². The molecule has 0 fully saturated rings. The smallest absolute Gasteiger partial charge is 0.264 e. The highest BCUT2D eigenvalue weighted by Gasteiger charge is 2.35. The van der Waals surface area contributed by atoms with Gasteiger partial charge in [-0.05, 0) is 56.7 Å². The van der Waals surface area contributed by atoms with Crippen LogP contribution in [-0.4, -0.2) is 41.1 Å². The molecular weight excluding hydrogens is 460 g/mol. The Morgan fingerprint density at radius 3 is 1.61 bits per heavy atom. The van der Waals surface area contributed by atoms with Crippen LogP contribution in [0.4, 0.5) is 11.4 Å². The van der Waals surface area contributed by atoms with Gasteiger partial charge in [-0.1, -0.05) is 47.5 Å². The minimum absolute atomic E-state index is 0.0206. The van der Waals surface area contributed by atoms with Gasteiger partial charge < -0.3 is 5.11 Å². The summed E-state index contributed by atoms with van der Waals surface area (Å²) >= 11 is 0. The number of fused-ring (bicyclic) bond motifs is 1. The summed E-state index contributed by atoms with van der Waals surface area (Å²) in [6, 6.07) is 19.4. The topological polar surface area (TPSA) is 95.0 Å². The first kappa shape index (κ1) is 23.3. The zero-order valence-electron chi connectivity index (χ0n) is 18.4. The minimum Gasteiger partial charge on any atom is -0.391 e. The third kappa shape index (κ3) is 4.48. The van der Waals surface area contributed by atoms with Gasteiger partial charge in [-0.2, -0.15) is 0 Å². The molecular formula is C24H26N2O5S2. The molecule has 7 nitrogen and oxygen atoms in total. The maximum atomic E-state index is 13.6. The third-order valence-corrected chi connectivity index (χ3v) is 9.30. The van der Waals surface area contributed by atoms with Gasteiger partial charge in [0.1, 0.15) is 0 Å². The third-order valence-electron chi connectivity index (χ3n) is 5.68. The SMILES string of the molecule is Cc1ccc(S(=O)(=O)N2CCC(O)CN(S(=O)(=O)c3ccc(C)cc3)c3ccccc32)cc1. The summed E-state index contributed by atoms with van der Waals surface area (Å²) < 4.78 is 56.6. The minimum atomic E-state index is -4.05. The lowest BCUT2D eigenvalue weighted by Crippen LogP contribution is -2.44. The lowest BCUT2D eigenvalue weighted by atomic mass is 10.2. The second-order valence-corrected chi connectivity index (χ2v) is 11.9. The van der Waals surface area contributed by atoms with Crippen molar-refractivity contribution >= 4 is 31.4 Å². The summed E-state index contributed by atoms with van der Waals surface area (Å²) in [7, 11) is -8.05. The first-order valence-electron chi connectivity index (χ1n) is 10.6. The van der Waals surface area contributed by atoms with Crippen molar-refractivity contribution < 1.29 is 21.9 Å². The molecule has 33 heavy (non-hydrogen) atoms. The van der Waals surface area contributed by atoms with Crippen LogP contribution in [0.3, 0.4) is 0 Å². The van der Waals surface area contributed by atoms with Crippen LogP contribution in [-0.2, 0) is 20.0 Å². The predicted octanol–water partition coefficient (Wildman–Crippen LogP) is 3.46. The fraction of sp³-hybridized carbons (Fsp3) is 0.250. The molecule has 1 heterocycles. The van der Waals surface area contributed by atoms with E-state index in [-0.39, 0.29) is 40.7 Å². The van der Waals surface area contributed by atoms with Crippen LogP contribution >= 0.6 is 0 Å². The van der Waals surface area contributed by atoms with Crippen LogP contribution in [0.2, 0.25) is 0 Å². The second kappa shape index (κ2) is 8.81. The van der Waals surface area contributed by atoms with E-state index in [4.69, 9.17) is 0 Å². The number of anilines is 2. The first-order chi connectivity index (χ1) is 15.6.